The first kappa shape index (κ1) is 21.0. The first-order chi connectivity index (χ1) is 15.8. The Morgan fingerprint density at radius 1 is 1.03 bits per heavy atom. The molecule has 6 nitrogen and oxygen atoms in total. The van der Waals surface area contributed by atoms with E-state index in [1.54, 1.807) is 0 Å². The van der Waals surface area contributed by atoms with E-state index in [4.69, 9.17) is 0 Å². The van der Waals surface area contributed by atoms with Gasteiger partial charge in [-0.15, -0.1) is 0 Å². The van der Waals surface area contributed by atoms with Crippen LogP contribution in [0.15, 0.2) is 59.9 Å². The normalized spacial score (nSPS) is 20.3. The molecule has 0 radical (unpaired) electrons. The van der Waals surface area contributed by atoms with Crippen LogP contribution in [0.1, 0.15) is 43.2 Å². The summed E-state index contributed by atoms with van der Waals surface area (Å²) in [5, 5.41) is 7.13. The zero-order valence-electron chi connectivity index (χ0n) is 19.0. The highest BCUT2D eigenvalue weighted by atomic mass is 15.3. The minimum Gasteiger partial charge on any atom is -0.352 e. The average Bonchev–Trinajstić information content (AvgIpc) is 3.59. The summed E-state index contributed by atoms with van der Waals surface area (Å²) in [6.45, 7) is 3.96. The van der Waals surface area contributed by atoms with Crippen molar-refractivity contribution in [2.45, 2.75) is 57.3 Å². The Hall–Kier alpha value is -2.86. The number of fused-ring (bicyclic) bond motifs is 1. The zero-order valence-corrected chi connectivity index (χ0v) is 19.0. The second-order valence-electron chi connectivity index (χ2n) is 9.17. The van der Waals surface area contributed by atoms with E-state index < -0.39 is 0 Å². The minimum absolute atomic E-state index is 0.495. The number of aliphatic imine (C=N–C) groups is 1. The third-order valence-corrected chi connectivity index (χ3v) is 6.99. The maximum absolute atomic E-state index is 4.49. The van der Waals surface area contributed by atoms with Crippen LogP contribution in [0.25, 0.3) is 11.0 Å². The minimum atomic E-state index is 0.495. The Bertz CT molecular complexity index is 1050. The topological polar surface area (TPSA) is 57.5 Å². The van der Waals surface area contributed by atoms with E-state index >= 15 is 0 Å². The van der Waals surface area contributed by atoms with Gasteiger partial charge in [-0.1, -0.05) is 49.2 Å². The summed E-state index contributed by atoms with van der Waals surface area (Å²) >= 11 is 0. The van der Waals surface area contributed by atoms with Gasteiger partial charge in [0.2, 0.25) is 0 Å². The molecule has 0 bridgehead atoms. The predicted octanol–water partition coefficient (Wildman–Crippen LogP) is 3.77. The van der Waals surface area contributed by atoms with Crippen molar-refractivity contribution in [1.82, 2.24) is 25.1 Å². The number of imidazole rings is 1. The summed E-state index contributed by atoms with van der Waals surface area (Å²) in [6, 6.07) is 18.4. The third kappa shape index (κ3) is 4.80. The molecule has 1 atom stereocenters. The van der Waals surface area contributed by atoms with E-state index in [1.807, 2.05) is 19.4 Å². The maximum Gasteiger partial charge on any atom is 0.191 e. The Kier molecular flexibility index (Phi) is 6.39. The number of guanidine groups is 1. The molecule has 2 N–H and O–H groups in total. The van der Waals surface area contributed by atoms with Gasteiger partial charge in [0.15, 0.2) is 5.96 Å². The molecule has 32 heavy (non-hydrogen) atoms. The molecule has 1 unspecified atom stereocenters. The number of hydrogen-bond acceptors (Lipinski definition) is 3. The fraction of sp³-hybridized carbons (Fsp3) is 0.462. The Balaban J connectivity index is 1.12. The van der Waals surface area contributed by atoms with Crippen molar-refractivity contribution in [1.29, 1.82) is 0 Å². The predicted molar refractivity (Wildman–Crippen MR) is 131 cm³/mol. The van der Waals surface area contributed by atoms with Gasteiger partial charge < -0.3 is 15.2 Å². The number of likely N-dealkylation sites (tertiary alicyclic amines) is 1. The smallest absolute Gasteiger partial charge is 0.191 e. The van der Waals surface area contributed by atoms with E-state index in [9.17, 15) is 0 Å². The maximum atomic E-state index is 4.49. The largest absolute Gasteiger partial charge is 0.352 e. The molecule has 2 heterocycles. The second kappa shape index (κ2) is 9.74. The summed E-state index contributed by atoms with van der Waals surface area (Å²) in [5.74, 6) is 0.900. The lowest BCUT2D eigenvalue weighted by molar-refractivity contribution is 0.242. The van der Waals surface area contributed by atoms with Gasteiger partial charge in [0.25, 0.3) is 0 Å². The van der Waals surface area contributed by atoms with Crippen molar-refractivity contribution in [3.05, 3.63) is 66.0 Å². The SMILES string of the molecule is CN=C(NCc1ccc(Cn2cnc3ccccc32)cc1)NC1CCN(C2CCCC2)C1. The van der Waals surface area contributed by atoms with E-state index in [0.29, 0.717) is 6.04 Å². The first-order valence-corrected chi connectivity index (χ1v) is 12.0. The monoisotopic (exact) mass is 430 g/mol. The van der Waals surface area contributed by atoms with Crippen molar-refractivity contribution in [3.8, 4) is 0 Å². The molecule has 1 aromatic heterocycles. The van der Waals surface area contributed by atoms with Gasteiger partial charge >= 0.3 is 0 Å². The Labute approximate surface area is 190 Å². The molecule has 1 saturated carbocycles. The molecule has 1 aliphatic carbocycles. The van der Waals surface area contributed by atoms with Crippen LogP contribution in [0.4, 0.5) is 0 Å². The highest BCUT2D eigenvalue weighted by Gasteiger charge is 2.30. The fourth-order valence-electron chi connectivity index (χ4n) is 5.18. The molecule has 0 amide bonds. The lowest BCUT2D eigenvalue weighted by atomic mass is 10.1. The van der Waals surface area contributed by atoms with Gasteiger partial charge in [-0.2, -0.15) is 0 Å². The fourth-order valence-corrected chi connectivity index (χ4v) is 5.18. The van der Waals surface area contributed by atoms with Crippen molar-refractivity contribution in [3.63, 3.8) is 0 Å². The standard InChI is InChI=1S/C26H34N6/c1-27-26(30-22-14-15-31(18-22)23-6-2-3-7-23)28-16-20-10-12-21(13-11-20)17-32-19-29-24-8-4-5-9-25(24)32/h4-5,8-13,19,22-23H,2-3,6-7,14-18H2,1H3,(H2,27,28,30). The number of nitrogens with one attached hydrogen (secondary N) is 2. The molecule has 0 spiro atoms. The Morgan fingerprint density at radius 2 is 1.81 bits per heavy atom. The van der Waals surface area contributed by atoms with Gasteiger partial charge in [0, 0.05) is 45.3 Å². The quantitative estimate of drug-likeness (QED) is 0.462. The first-order valence-electron chi connectivity index (χ1n) is 12.0. The van der Waals surface area contributed by atoms with Crippen LogP contribution in [0.5, 0.6) is 0 Å². The molecule has 1 saturated heterocycles. The van der Waals surface area contributed by atoms with Gasteiger partial charge in [-0.3, -0.25) is 9.89 Å². The summed E-state index contributed by atoms with van der Waals surface area (Å²) < 4.78 is 2.20. The van der Waals surface area contributed by atoms with Crippen LogP contribution in [-0.4, -0.2) is 52.6 Å². The molecular formula is C26H34N6. The average molecular weight is 431 g/mol. The van der Waals surface area contributed by atoms with Gasteiger partial charge in [-0.25, -0.2) is 4.98 Å². The molecule has 3 aromatic rings. The molecular weight excluding hydrogens is 396 g/mol. The highest BCUT2D eigenvalue weighted by molar-refractivity contribution is 5.80. The van der Waals surface area contributed by atoms with Gasteiger partial charge in [0.05, 0.1) is 17.4 Å². The van der Waals surface area contributed by atoms with Crippen LogP contribution in [0, 0.1) is 0 Å². The van der Waals surface area contributed by atoms with E-state index in [0.717, 1.165) is 37.2 Å². The molecule has 2 fully saturated rings. The van der Waals surface area contributed by atoms with Crippen LogP contribution < -0.4 is 10.6 Å². The molecule has 6 heteroatoms. The molecule has 5 rings (SSSR count). The van der Waals surface area contributed by atoms with Crippen molar-refractivity contribution in [2.24, 2.45) is 4.99 Å². The van der Waals surface area contributed by atoms with Crippen LogP contribution in [0.2, 0.25) is 0 Å². The Morgan fingerprint density at radius 3 is 2.62 bits per heavy atom. The molecule has 168 valence electrons. The third-order valence-electron chi connectivity index (χ3n) is 6.99. The number of aromatic nitrogens is 2. The lowest BCUT2D eigenvalue weighted by Gasteiger charge is -2.24. The molecule has 2 aliphatic rings. The number of para-hydroxylation sites is 2. The van der Waals surface area contributed by atoms with E-state index in [2.05, 4.69) is 72.5 Å². The second-order valence-corrected chi connectivity index (χ2v) is 9.17. The van der Waals surface area contributed by atoms with Crippen molar-refractivity contribution < 1.29 is 0 Å². The van der Waals surface area contributed by atoms with Crippen molar-refractivity contribution >= 4 is 17.0 Å². The summed E-state index contributed by atoms with van der Waals surface area (Å²) in [7, 11) is 1.86. The van der Waals surface area contributed by atoms with E-state index in [-0.39, 0.29) is 0 Å². The highest BCUT2D eigenvalue weighted by Crippen LogP contribution is 2.26. The van der Waals surface area contributed by atoms with Crippen LogP contribution in [0.3, 0.4) is 0 Å². The van der Waals surface area contributed by atoms with Gasteiger partial charge in [-0.05, 0) is 42.5 Å². The number of benzene rings is 2. The van der Waals surface area contributed by atoms with E-state index in [1.165, 1.54) is 55.3 Å². The summed E-state index contributed by atoms with van der Waals surface area (Å²) in [5.41, 5.74) is 4.75. The van der Waals surface area contributed by atoms with Crippen LogP contribution in [-0.2, 0) is 13.1 Å². The zero-order chi connectivity index (χ0) is 21.8. The van der Waals surface area contributed by atoms with Crippen molar-refractivity contribution in [2.75, 3.05) is 20.1 Å². The number of nitrogens with zero attached hydrogens (tertiary/aromatic N) is 4. The molecule has 2 aromatic carbocycles. The van der Waals surface area contributed by atoms with Gasteiger partial charge in [0.1, 0.15) is 0 Å². The lowest BCUT2D eigenvalue weighted by Crippen LogP contribution is -2.45. The molecule has 1 aliphatic heterocycles. The van der Waals surface area contributed by atoms with Crippen LogP contribution >= 0.6 is 0 Å². The number of rotatable bonds is 6. The number of hydrogen-bond donors (Lipinski definition) is 2. The summed E-state index contributed by atoms with van der Waals surface area (Å²) in [6.07, 6.45) is 8.70. The summed E-state index contributed by atoms with van der Waals surface area (Å²) in [4.78, 5) is 11.6.